The largest absolute Gasteiger partial charge is 0.481 e. The van der Waals surface area contributed by atoms with E-state index in [4.69, 9.17) is 27.1 Å². The molecule has 0 bridgehead atoms. The van der Waals surface area contributed by atoms with Gasteiger partial charge in [0, 0.05) is 19.9 Å². The van der Waals surface area contributed by atoms with Crippen LogP contribution in [-0.4, -0.2) is 52.6 Å². The zero-order valence-electron chi connectivity index (χ0n) is 15.2. The quantitative estimate of drug-likeness (QED) is 0.183. The average molecular weight is 381 g/mol. The number of rotatable bonds is 9. The van der Waals surface area contributed by atoms with Crippen LogP contribution in [-0.2, 0) is 20.8 Å². The van der Waals surface area contributed by atoms with E-state index in [1.165, 1.54) is 0 Å². The number of nitrogens with two attached hydrogens (primary N) is 3. The van der Waals surface area contributed by atoms with Crippen LogP contribution in [0.4, 0.5) is 0 Å². The summed E-state index contributed by atoms with van der Waals surface area (Å²) in [6.45, 7) is 1.45. The van der Waals surface area contributed by atoms with Crippen molar-refractivity contribution in [3.63, 3.8) is 0 Å². The normalized spacial score (nSPS) is 11.9. The first kappa shape index (κ1) is 23.9. The maximum atomic E-state index is 12.0. The number of carbonyl (C=O) groups excluding carboxylic acids is 1. The number of aliphatic carboxylic acids is 2. The van der Waals surface area contributed by atoms with Crippen molar-refractivity contribution in [3.05, 3.63) is 35.9 Å². The Kier molecular flexibility index (Phi) is 11.6. The Bertz CT molecular complexity index is 628. The Balaban J connectivity index is 0.00000153. The number of amides is 1. The Hall–Kier alpha value is -3.14. The fourth-order valence-electron chi connectivity index (χ4n) is 1.98. The third-order valence-electron chi connectivity index (χ3n) is 3.20. The van der Waals surface area contributed by atoms with Crippen LogP contribution in [0.25, 0.3) is 0 Å². The zero-order valence-corrected chi connectivity index (χ0v) is 15.2. The lowest BCUT2D eigenvalue weighted by atomic mass is 10.0. The molecule has 150 valence electrons. The van der Waals surface area contributed by atoms with Gasteiger partial charge in [-0.3, -0.25) is 14.6 Å². The van der Waals surface area contributed by atoms with Gasteiger partial charge in [-0.05, 0) is 18.4 Å². The fraction of sp³-hybridized carbons (Fsp3) is 0.412. The molecule has 0 spiro atoms. The van der Waals surface area contributed by atoms with Crippen LogP contribution in [0.5, 0.6) is 0 Å². The number of carboxylic acid groups (broad SMARTS) is 2. The van der Waals surface area contributed by atoms with Crippen molar-refractivity contribution in [1.29, 1.82) is 0 Å². The number of guanidine groups is 1. The number of nitrogens with one attached hydrogen (secondary N) is 1. The highest BCUT2D eigenvalue weighted by atomic mass is 16.4. The van der Waals surface area contributed by atoms with E-state index in [0.717, 1.165) is 12.5 Å². The standard InChI is InChI=1S/C15H23N5O3.C2H4O2/c16-11(7-4-8-19-15(17)18)13(21)20-12(14(22)23)9-10-5-2-1-3-6-10;1-2(3)4/h1-3,5-6,11-12H,4,7-9,16H2,(H,20,21)(H,22,23)(H4,17,18,19);1H3,(H,3,4). The molecule has 27 heavy (non-hydrogen) atoms. The van der Waals surface area contributed by atoms with Crippen LogP contribution >= 0.6 is 0 Å². The molecule has 1 amide bonds. The van der Waals surface area contributed by atoms with Crippen LogP contribution in [0.1, 0.15) is 25.3 Å². The monoisotopic (exact) mass is 381 g/mol. The van der Waals surface area contributed by atoms with Gasteiger partial charge in [-0.15, -0.1) is 0 Å². The van der Waals surface area contributed by atoms with Crippen molar-refractivity contribution in [2.24, 2.45) is 22.2 Å². The molecular weight excluding hydrogens is 354 g/mol. The number of carbonyl (C=O) groups is 3. The van der Waals surface area contributed by atoms with Crippen LogP contribution in [0.15, 0.2) is 35.3 Å². The third kappa shape index (κ3) is 12.8. The van der Waals surface area contributed by atoms with Crippen LogP contribution in [0.2, 0.25) is 0 Å². The van der Waals surface area contributed by atoms with E-state index >= 15 is 0 Å². The smallest absolute Gasteiger partial charge is 0.326 e. The van der Waals surface area contributed by atoms with Crippen LogP contribution < -0.4 is 22.5 Å². The third-order valence-corrected chi connectivity index (χ3v) is 3.20. The summed E-state index contributed by atoms with van der Waals surface area (Å²) in [6.07, 6.45) is 1.09. The van der Waals surface area contributed by atoms with E-state index in [1.807, 2.05) is 18.2 Å². The van der Waals surface area contributed by atoms with E-state index < -0.39 is 29.9 Å². The molecule has 0 saturated carbocycles. The van der Waals surface area contributed by atoms with Gasteiger partial charge < -0.3 is 32.7 Å². The average Bonchev–Trinajstić information content (AvgIpc) is 2.58. The molecule has 9 N–H and O–H groups in total. The number of benzene rings is 1. The van der Waals surface area contributed by atoms with Crippen LogP contribution in [0.3, 0.4) is 0 Å². The molecule has 1 aromatic rings. The van der Waals surface area contributed by atoms with Gasteiger partial charge in [0.25, 0.3) is 5.97 Å². The molecule has 1 rings (SSSR count). The molecular formula is C17H27N5O5. The zero-order chi connectivity index (χ0) is 20.8. The van der Waals surface area contributed by atoms with E-state index in [0.29, 0.717) is 19.4 Å². The summed E-state index contributed by atoms with van der Waals surface area (Å²) in [6, 6.07) is 7.24. The highest BCUT2D eigenvalue weighted by Gasteiger charge is 2.23. The molecule has 1 aromatic carbocycles. The highest BCUT2D eigenvalue weighted by molar-refractivity contribution is 5.86. The first-order chi connectivity index (χ1) is 12.6. The van der Waals surface area contributed by atoms with Gasteiger partial charge >= 0.3 is 5.97 Å². The predicted molar refractivity (Wildman–Crippen MR) is 101 cm³/mol. The Morgan fingerprint density at radius 1 is 1.15 bits per heavy atom. The van der Waals surface area contributed by atoms with Gasteiger partial charge in [-0.2, -0.15) is 0 Å². The molecule has 0 radical (unpaired) electrons. The molecule has 0 aliphatic carbocycles. The second kappa shape index (κ2) is 13.1. The lowest BCUT2D eigenvalue weighted by molar-refractivity contribution is -0.142. The van der Waals surface area contributed by atoms with Gasteiger partial charge in [0.1, 0.15) is 6.04 Å². The molecule has 0 heterocycles. The van der Waals surface area contributed by atoms with Gasteiger partial charge in [0.05, 0.1) is 6.04 Å². The van der Waals surface area contributed by atoms with Gasteiger partial charge in [-0.25, -0.2) is 4.79 Å². The van der Waals surface area contributed by atoms with Crippen molar-refractivity contribution in [2.45, 2.75) is 38.3 Å². The summed E-state index contributed by atoms with van der Waals surface area (Å²) >= 11 is 0. The minimum Gasteiger partial charge on any atom is -0.481 e. The second-order valence-corrected chi connectivity index (χ2v) is 5.66. The summed E-state index contributed by atoms with van der Waals surface area (Å²) in [5, 5.41) is 19.1. The lowest BCUT2D eigenvalue weighted by Crippen LogP contribution is -2.49. The second-order valence-electron chi connectivity index (χ2n) is 5.66. The van der Waals surface area contributed by atoms with E-state index in [1.54, 1.807) is 12.1 Å². The van der Waals surface area contributed by atoms with E-state index in [2.05, 4.69) is 10.3 Å². The lowest BCUT2D eigenvalue weighted by Gasteiger charge is -2.17. The van der Waals surface area contributed by atoms with Gasteiger partial charge in [0.2, 0.25) is 5.91 Å². The minimum atomic E-state index is -1.10. The summed E-state index contributed by atoms with van der Waals surface area (Å²) < 4.78 is 0. The SMILES string of the molecule is CC(=O)O.NC(N)=NCCCC(N)C(=O)NC(Cc1ccccc1)C(=O)O. The molecule has 0 aliphatic heterocycles. The topological polar surface area (TPSA) is 194 Å². The van der Waals surface area contributed by atoms with Crippen molar-refractivity contribution >= 4 is 23.8 Å². The molecule has 0 aliphatic rings. The molecule has 2 unspecified atom stereocenters. The van der Waals surface area contributed by atoms with E-state index in [-0.39, 0.29) is 12.4 Å². The number of hydrogen-bond acceptors (Lipinski definition) is 5. The fourth-order valence-corrected chi connectivity index (χ4v) is 1.98. The number of hydrogen-bond donors (Lipinski definition) is 6. The maximum absolute atomic E-state index is 12.0. The molecule has 0 saturated heterocycles. The van der Waals surface area contributed by atoms with Gasteiger partial charge in [-0.1, -0.05) is 30.3 Å². The Labute approximate surface area is 157 Å². The first-order valence-electron chi connectivity index (χ1n) is 8.21. The minimum absolute atomic E-state index is 0.0168. The summed E-state index contributed by atoms with van der Waals surface area (Å²) in [4.78, 5) is 36.1. The Morgan fingerprint density at radius 3 is 2.19 bits per heavy atom. The van der Waals surface area contributed by atoms with Crippen molar-refractivity contribution in [1.82, 2.24) is 5.32 Å². The summed E-state index contributed by atoms with van der Waals surface area (Å²) in [5.74, 6) is -2.45. The molecule has 10 heteroatoms. The number of carboxylic acids is 2. The first-order valence-corrected chi connectivity index (χ1v) is 8.21. The van der Waals surface area contributed by atoms with Gasteiger partial charge in [0.15, 0.2) is 5.96 Å². The highest BCUT2D eigenvalue weighted by Crippen LogP contribution is 2.04. The summed E-state index contributed by atoms with van der Waals surface area (Å²) in [5.41, 5.74) is 17.0. The summed E-state index contributed by atoms with van der Waals surface area (Å²) in [7, 11) is 0. The van der Waals surface area contributed by atoms with Crippen molar-refractivity contribution < 1.29 is 24.6 Å². The maximum Gasteiger partial charge on any atom is 0.326 e. The number of nitrogens with zero attached hydrogens (tertiary/aromatic N) is 1. The van der Waals surface area contributed by atoms with Crippen LogP contribution in [0, 0.1) is 0 Å². The Morgan fingerprint density at radius 2 is 1.70 bits per heavy atom. The van der Waals surface area contributed by atoms with Crippen molar-refractivity contribution in [2.75, 3.05) is 6.54 Å². The molecule has 0 fully saturated rings. The molecule has 10 nitrogen and oxygen atoms in total. The molecule has 0 aromatic heterocycles. The van der Waals surface area contributed by atoms with E-state index in [9.17, 15) is 14.7 Å². The predicted octanol–water partition coefficient (Wildman–Crippen LogP) is -0.730. The number of aliphatic imine (C=N–C) groups is 1. The van der Waals surface area contributed by atoms with Crippen molar-refractivity contribution in [3.8, 4) is 0 Å². The molecule has 2 atom stereocenters.